The van der Waals surface area contributed by atoms with Gasteiger partial charge < -0.3 is 20.1 Å². The van der Waals surface area contributed by atoms with Gasteiger partial charge in [0.1, 0.15) is 31.1 Å². The van der Waals surface area contributed by atoms with Gasteiger partial charge in [0.2, 0.25) is 5.91 Å². The van der Waals surface area contributed by atoms with Gasteiger partial charge in [-0.05, 0) is 37.1 Å². The minimum Gasteiger partial charge on any atom is -0.486 e. The van der Waals surface area contributed by atoms with E-state index in [2.05, 4.69) is 16.5 Å². The van der Waals surface area contributed by atoms with Crippen LogP contribution in [0.15, 0.2) is 37.2 Å². The summed E-state index contributed by atoms with van der Waals surface area (Å²) < 4.78 is 13.2. The summed E-state index contributed by atoms with van der Waals surface area (Å²) in [6.07, 6.45) is 4.57. The number of fused-ring (bicyclic) bond motifs is 2. The number of carbonyl (C=O) groups is 1. The fourth-order valence-electron chi connectivity index (χ4n) is 4.13. The van der Waals surface area contributed by atoms with Gasteiger partial charge in [-0.3, -0.25) is 4.79 Å². The molecular weight excluding hydrogens is 384 g/mol. The number of amides is 1. The van der Waals surface area contributed by atoms with Crippen LogP contribution in [0.1, 0.15) is 18.9 Å². The van der Waals surface area contributed by atoms with Crippen LogP contribution in [0, 0.1) is 0 Å². The van der Waals surface area contributed by atoms with E-state index in [4.69, 9.17) is 20.3 Å². The number of rotatable bonds is 3. The van der Waals surface area contributed by atoms with Gasteiger partial charge in [0.05, 0.1) is 11.4 Å². The topological polar surface area (TPSA) is 108 Å². The number of nitrogens with two attached hydrogens (primary N) is 1. The number of carbonyl (C=O) groups excluding carboxylic acids is 1. The molecule has 1 saturated heterocycles. The van der Waals surface area contributed by atoms with Gasteiger partial charge in [0, 0.05) is 18.7 Å². The SMILES string of the molecule is C=CC(=O)N1CCC[C@@H](n2nc(-c3ccc4c(c3)OCCO4)c3c(N)ncnc32)C1. The number of anilines is 1. The van der Waals surface area contributed by atoms with Crippen LogP contribution in [-0.2, 0) is 4.79 Å². The van der Waals surface area contributed by atoms with Crippen molar-refractivity contribution < 1.29 is 14.3 Å². The van der Waals surface area contributed by atoms with Crippen LogP contribution in [0.2, 0.25) is 0 Å². The van der Waals surface area contributed by atoms with Crippen LogP contribution >= 0.6 is 0 Å². The number of likely N-dealkylation sites (tertiary alicyclic amines) is 1. The molecule has 2 aromatic heterocycles. The fourth-order valence-corrected chi connectivity index (χ4v) is 4.13. The average Bonchev–Trinajstić information content (AvgIpc) is 3.19. The first-order valence-corrected chi connectivity index (χ1v) is 9.95. The molecule has 0 radical (unpaired) electrons. The molecule has 1 amide bonds. The number of piperidine rings is 1. The Morgan fingerprint density at radius 2 is 2.07 bits per heavy atom. The minimum atomic E-state index is -0.0719. The number of ether oxygens (including phenoxy) is 2. The highest BCUT2D eigenvalue weighted by molar-refractivity contribution is 5.98. The van der Waals surface area contributed by atoms with Crippen molar-refractivity contribution in [3.63, 3.8) is 0 Å². The van der Waals surface area contributed by atoms with Gasteiger partial charge in [-0.25, -0.2) is 14.6 Å². The molecule has 0 bridgehead atoms. The molecular formula is C21H22N6O3. The van der Waals surface area contributed by atoms with E-state index in [0.29, 0.717) is 60.3 Å². The standard InChI is InChI=1S/C21H22N6O3/c1-2-17(28)26-7-3-4-14(11-26)27-21-18(20(22)23-12-24-21)19(25-27)13-5-6-15-16(10-13)30-9-8-29-15/h2,5-6,10,12,14H,1,3-4,7-9,11H2,(H2,22,23,24)/t14-/m1/s1. The molecule has 1 atom stereocenters. The van der Waals surface area contributed by atoms with E-state index < -0.39 is 0 Å². The molecule has 1 fully saturated rings. The van der Waals surface area contributed by atoms with E-state index in [1.54, 1.807) is 4.90 Å². The first-order chi connectivity index (χ1) is 14.7. The second-order valence-corrected chi connectivity index (χ2v) is 7.39. The molecule has 1 aromatic carbocycles. The van der Waals surface area contributed by atoms with Gasteiger partial charge in [0.15, 0.2) is 17.1 Å². The van der Waals surface area contributed by atoms with Gasteiger partial charge in [-0.2, -0.15) is 5.10 Å². The highest BCUT2D eigenvalue weighted by Gasteiger charge is 2.28. The van der Waals surface area contributed by atoms with Crippen molar-refractivity contribution in [1.82, 2.24) is 24.6 Å². The maximum Gasteiger partial charge on any atom is 0.246 e. The Hall–Kier alpha value is -3.62. The largest absolute Gasteiger partial charge is 0.486 e. The molecule has 5 rings (SSSR count). The Balaban J connectivity index is 1.61. The van der Waals surface area contributed by atoms with E-state index in [9.17, 15) is 4.79 Å². The van der Waals surface area contributed by atoms with Crippen LogP contribution in [-0.4, -0.2) is 56.9 Å². The van der Waals surface area contributed by atoms with Crippen molar-refractivity contribution in [1.29, 1.82) is 0 Å². The zero-order chi connectivity index (χ0) is 20.7. The Labute approximate surface area is 173 Å². The van der Waals surface area contributed by atoms with Crippen LogP contribution in [0.25, 0.3) is 22.3 Å². The zero-order valence-electron chi connectivity index (χ0n) is 16.5. The van der Waals surface area contributed by atoms with E-state index in [0.717, 1.165) is 18.4 Å². The Bertz CT molecular complexity index is 1140. The smallest absolute Gasteiger partial charge is 0.246 e. The molecule has 4 heterocycles. The number of benzene rings is 1. The Morgan fingerprint density at radius 3 is 2.90 bits per heavy atom. The molecule has 154 valence electrons. The third kappa shape index (κ3) is 3.02. The molecule has 3 aromatic rings. The van der Waals surface area contributed by atoms with Gasteiger partial charge in [-0.15, -0.1) is 0 Å². The summed E-state index contributed by atoms with van der Waals surface area (Å²) in [4.78, 5) is 22.6. The van der Waals surface area contributed by atoms with Crippen molar-refractivity contribution in [2.24, 2.45) is 0 Å². The van der Waals surface area contributed by atoms with Crippen LogP contribution < -0.4 is 15.2 Å². The lowest BCUT2D eigenvalue weighted by molar-refractivity contribution is -0.127. The molecule has 2 N–H and O–H groups in total. The third-order valence-corrected chi connectivity index (χ3v) is 5.56. The van der Waals surface area contributed by atoms with E-state index in [1.165, 1.54) is 12.4 Å². The molecule has 2 aliphatic rings. The number of nitrogens with zero attached hydrogens (tertiary/aromatic N) is 5. The quantitative estimate of drug-likeness (QED) is 0.664. The Kier molecular flexibility index (Phi) is 4.50. The predicted octanol–water partition coefficient (Wildman–Crippen LogP) is 2.20. The van der Waals surface area contributed by atoms with Crippen molar-refractivity contribution in [2.75, 3.05) is 32.0 Å². The highest BCUT2D eigenvalue weighted by Crippen LogP contribution is 2.38. The zero-order valence-corrected chi connectivity index (χ0v) is 16.5. The van der Waals surface area contributed by atoms with Gasteiger partial charge >= 0.3 is 0 Å². The van der Waals surface area contributed by atoms with Crippen LogP contribution in [0.3, 0.4) is 0 Å². The molecule has 0 saturated carbocycles. The van der Waals surface area contributed by atoms with Crippen molar-refractivity contribution in [3.8, 4) is 22.8 Å². The minimum absolute atomic E-state index is 0.00888. The second kappa shape index (κ2) is 7.33. The molecule has 0 spiro atoms. The van der Waals surface area contributed by atoms with E-state index in [-0.39, 0.29) is 11.9 Å². The molecule has 9 nitrogen and oxygen atoms in total. The van der Waals surface area contributed by atoms with Crippen molar-refractivity contribution in [2.45, 2.75) is 18.9 Å². The molecule has 9 heteroatoms. The van der Waals surface area contributed by atoms with E-state index in [1.807, 2.05) is 22.9 Å². The number of aromatic nitrogens is 4. The molecule has 30 heavy (non-hydrogen) atoms. The fraction of sp³-hybridized carbons (Fsp3) is 0.333. The summed E-state index contributed by atoms with van der Waals surface area (Å²) in [6.45, 7) is 5.90. The summed E-state index contributed by atoms with van der Waals surface area (Å²) >= 11 is 0. The molecule has 0 aliphatic carbocycles. The maximum atomic E-state index is 12.1. The Morgan fingerprint density at radius 1 is 1.23 bits per heavy atom. The summed E-state index contributed by atoms with van der Waals surface area (Å²) in [5.41, 5.74) is 8.43. The lowest BCUT2D eigenvalue weighted by Gasteiger charge is -2.32. The molecule has 0 unspecified atom stereocenters. The summed E-state index contributed by atoms with van der Waals surface area (Å²) in [6, 6.07) is 5.70. The maximum absolute atomic E-state index is 12.1. The van der Waals surface area contributed by atoms with Gasteiger partial charge in [0.25, 0.3) is 0 Å². The third-order valence-electron chi connectivity index (χ3n) is 5.56. The van der Waals surface area contributed by atoms with E-state index >= 15 is 0 Å². The number of nitrogen functional groups attached to an aromatic ring is 1. The summed E-state index contributed by atoms with van der Waals surface area (Å²) in [5, 5.41) is 5.58. The predicted molar refractivity (Wildman–Crippen MR) is 111 cm³/mol. The first-order valence-electron chi connectivity index (χ1n) is 9.95. The number of hydrogen-bond donors (Lipinski definition) is 1. The highest BCUT2D eigenvalue weighted by atomic mass is 16.6. The van der Waals surface area contributed by atoms with Crippen LogP contribution in [0.4, 0.5) is 5.82 Å². The lowest BCUT2D eigenvalue weighted by atomic mass is 10.1. The average molecular weight is 406 g/mol. The first kappa shape index (κ1) is 18.4. The van der Waals surface area contributed by atoms with Crippen molar-refractivity contribution in [3.05, 3.63) is 37.2 Å². The number of hydrogen-bond acceptors (Lipinski definition) is 7. The second-order valence-electron chi connectivity index (χ2n) is 7.39. The van der Waals surface area contributed by atoms with Crippen LogP contribution in [0.5, 0.6) is 11.5 Å². The van der Waals surface area contributed by atoms with Crippen molar-refractivity contribution >= 4 is 22.8 Å². The lowest BCUT2D eigenvalue weighted by Crippen LogP contribution is -2.40. The molecule has 2 aliphatic heterocycles. The monoisotopic (exact) mass is 406 g/mol. The summed E-state index contributed by atoms with van der Waals surface area (Å²) in [7, 11) is 0. The summed E-state index contributed by atoms with van der Waals surface area (Å²) in [5.74, 6) is 1.68. The normalized spacial score (nSPS) is 18.4. The van der Waals surface area contributed by atoms with Gasteiger partial charge in [-0.1, -0.05) is 6.58 Å².